The molecule has 2 nitrogen and oxygen atoms in total. The zero-order valence-electron chi connectivity index (χ0n) is 12.9. The van der Waals surface area contributed by atoms with Crippen molar-refractivity contribution in [1.82, 2.24) is 9.80 Å². The average molecular weight is 504 g/mol. The molecule has 2 rings (SSSR count). The van der Waals surface area contributed by atoms with Crippen molar-refractivity contribution in [2.45, 2.75) is 70.9 Å². The van der Waals surface area contributed by atoms with Gasteiger partial charge in [-0.2, -0.15) is 0 Å². The maximum Gasteiger partial charge on any atom is 2.00 e. The van der Waals surface area contributed by atoms with Gasteiger partial charge in [-0.25, -0.2) is 0 Å². The van der Waals surface area contributed by atoms with Gasteiger partial charge in [0.1, 0.15) is 0 Å². The number of hydrogen-bond acceptors (Lipinski definition) is 2. The molecule has 0 N–H and O–H groups in total. The first-order valence-electron chi connectivity index (χ1n) is 7.75. The van der Waals surface area contributed by atoms with Gasteiger partial charge in [-0.05, 0) is 72.1 Å². The van der Waals surface area contributed by atoms with E-state index in [-0.39, 0.29) is 45.9 Å². The molecule has 124 valence electrons. The van der Waals surface area contributed by atoms with E-state index in [0.717, 1.165) is 12.1 Å². The summed E-state index contributed by atoms with van der Waals surface area (Å²) in [6.45, 7) is 10.1. The topological polar surface area (TPSA) is 6.48 Å². The minimum absolute atomic E-state index is 0. The van der Waals surface area contributed by atoms with Crippen molar-refractivity contribution < 1.29 is 45.9 Å². The minimum atomic E-state index is 0. The third kappa shape index (κ3) is 7.45. The van der Waals surface area contributed by atoms with Crippen molar-refractivity contribution in [3.05, 3.63) is 0 Å². The second-order valence-electron chi connectivity index (χ2n) is 6.12. The molecule has 2 aliphatic rings. The normalized spacial score (nSPS) is 27.9. The van der Waals surface area contributed by atoms with Crippen LogP contribution in [0.15, 0.2) is 0 Å². The predicted octanol–water partition coefficient (Wildman–Crippen LogP) is -2.87. The van der Waals surface area contributed by atoms with Gasteiger partial charge in [0.05, 0.1) is 0 Å². The number of nitrogens with zero attached hydrogens (tertiary/aromatic N) is 2. The molecule has 0 aliphatic carbocycles. The van der Waals surface area contributed by atoms with Gasteiger partial charge in [0.15, 0.2) is 0 Å². The summed E-state index contributed by atoms with van der Waals surface area (Å²) < 4.78 is 0. The van der Waals surface area contributed by atoms with Crippen LogP contribution in [-0.4, -0.2) is 48.1 Å². The standard InChI is InChI=1S/C15H30N2.2ClH.Pt/c1-14-8-3-5-10-16(14)12-7-13-17-11-6-4-9-15(17)2;;;/h14-15H,3-13H2,1-2H3;2*1H;/q;;;+2/p-2. The number of rotatable bonds is 4. The van der Waals surface area contributed by atoms with E-state index in [9.17, 15) is 0 Å². The molecule has 2 heterocycles. The second kappa shape index (κ2) is 12.7. The summed E-state index contributed by atoms with van der Waals surface area (Å²) in [6.07, 6.45) is 9.94. The Hall–Kier alpha value is 1.19. The van der Waals surface area contributed by atoms with E-state index < -0.39 is 0 Å². The Kier molecular flexibility index (Phi) is 14.9. The molecule has 0 radical (unpaired) electrons. The van der Waals surface area contributed by atoms with E-state index >= 15 is 0 Å². The molecule has 0 aromatic rings. The summed E-state index contributed by atoms with van der Waals surface area (Å²) in [5, 5.41) is 0. The Balaban J connectivity index is 0. The van der Waals surface area contributed by atoms with Crippen LogP contribution in [-0.2, 0) is 21.1 Å². The van der Waals surface area contributed by atoms with Gasteiger partial charge in [-0.1, -0.05) is 12.8 Å². The molecule has 0 aromatic carbocycles. The van der Waals surface area contributed by atoms with E-state index in [1.54, 1.807) is 0 Å². The van der Waals surface area contributed by atoms with Gasteiger partial charge in [-0.3, -0.25) is 0 Å². The number of halogens is 2. The molecule has 2 fully saturated rings. The van der Waals surface area contributed by atoms with E-state index in [0.29, 0.717) is 0 Å². The Labute approximate surface area is 152 Å². The molecular formula is C15H30Cl2N2Pt. The first kappa shape index (κ1) is 23.5. The maximum absolute atomic E-state index is 2.71. The molecule has 20 heavy (non-hydrogen) atoms. The van der Waals surface area contributed by atoms with E-state index in [1.165, 1.54) is 71.1 Å². The number of piperidine rings is 2. The van der Waals surface area contributed by atoms with Crippen molar-refractivity contribution in [3.8, 4) is 0 Å². The molecular weight excluding hydrogens is 474 g/mol. The third-order valence-corrected chi connectivity index (χ3v) is 4.77. The Bertz CT molecular complexity index is 210. The number of hydrogen-bond donors (Lipinski definition) is 0. The first-order chi connectivity index (χ1) is 8.27. The smallest absolute Gasteiger partial charge is 1.00 e. The van der Waals surface area contributed by atoms with E-state index in [4.69, 9.17) is 0 Å². The monoisotopic (exact) mass is 503 g/mol. The Morgan fingerprint density at radius 3 is 1.50 bits per heavy atom. The van der Waals surface area contributed by atoms with E-state index in [2.05, 4.69) is 23.6 Å². The molecule has 0 amide bonds. The van der Waals surface area contributed by atoms with Crippen LogP contribution >= 0.6 is 0 Å². The SMILES string of the molecule is CC1CCCCN1CCCN1CCCCC1C.[Cl-].[Cl-].[Pt+2]. The van der Waals surface area contributed by atoms with Gasteiger partial charge >= 0.3 is 21.1 Å². The van der Waals surface area contributed by atoms with Crippen LogP contribution in [0, 0.1) is 0 Å². The fourth-order valence-electron chi connectivity index (χ4n) is 3.46. The van der Waals surface area contributed by atoms with Crippen molar-refractivity contribution in [2.24, 2.45) is 0 Å². The van der Waals surface area contributed by atoms with Crippen LogP contribution in [0.5, 0.6) is 0 Å². The van der Waals surface area contributed by atoms with Crippen molar-refractivity contribution in [2.75, 3.05) is 26.2 Å². The van der Waals surface area contributed by atoms with Gasteiger partial charge < -0.3 is 34.6 Å². The van der Waals surface area contributed by atoms with Crippen LogP contribution in [0.4, 0.5) is 0 Å². The van der Waals surface area contributed by atoms with Gasteiger partial charge in [0, 0.05) is 12.1 Å². The summed E-state index contributed by atoms with van der Waals surface area (Å²) in [5.74, 6) is 0. The minimum Gasteiger partial charge on any atom is -1.00 e. The molecule has 2 saturated heterocycles. The van der Waals surface area contributed by atoms with Crippen molar-refractivity contribution in [1.29, 1.82) is 0 Å². The molecule has 0 aromatic heterocycles. The summed E-state index contributed by atoms with van der Waals surface area (Å²) in [5.41, 5.74) is 0. The Morgan fingerprint density at radius 1 is 0.750 bits per heavy atom. The first-order valence-corrected chi connectivity index (χ1v) is 7.75. The molecule has 0 spiro atoms. The zero-order chi connectivity index (χ0) is 12.1. The fraction of sp³-hybridized carbons (Fsp3) is 1.00. The Morgan fingerprint density at radius 2 is 1.15 bits per heavy atom. The quantitative estimate of drug-likeness (QED) is 0.407. The average Bonchev–Trinajstić information content (AvgIpc) is 2.34. The largest absolute Gasteiger partial charge is 2.00 e. The van der Waals surface area contributed by atoms with Crippen LogP contribution in [0.25, 0.3) is 0 Å². The van der Waals surface area contributed by atoms with Gasteiger partial charge in [-0.15, -0.1) is 0 Å². The van der Waals surface area contributed by atoms with Crippen molar-refractivity contribution >= 4 is 0 Å². The summed E-state index contributed by atoms with van der Waals surface area (Å²) in [4.78, 5) is 5.41. The molecule has 2 unspecified atom stereocenters. The number of likely N-dealkylation sites (tertiary alicyclic amines) is 2. The van der Waals surface area contributed by atoms with Crippen molar-refractivity contribution in [3.63, 3.8) is 0 Å². The predicted molar refractivity (Wildman–Crippen MR) is 74.4 cm³/mol. The van der Waals surface area contributed by atoms with Gasteiger partial charge in [0.2, 0.25) is 0 Å². The summed E-state index contributed by atoms with van der Waals surface area (Å²) in [7, 11) is 0. The van der Waals surface area contributed by atoms with Crippen LogP contribution in [0.2, 0.25) is 0 Å². The zero-order valence-corrected chi connectivity index (χ0v) is 16.7. The van der Waals surface area contributed by atoms with Crippen LogP contribution in [0.1, 0.15) is 58.8 Å². The second-order valence-corrected chi connectivity index (χ2v) is 6.12. The molecule has 2 aliphatic heterocycles. The molecule has 5 heteroatoms. The van der Waals surface area contributed by atoms with E-state index in [1.807, 2.05) is 0 Å². The fourth-order valence-corrected chi connectivity index (χ4v) is 3.46. The molecule has 0 bridgehead atoms. The van der Waals surface area contributed by atoms with Crippen LogP contribution < -0.4 is 24.8 Å². The molecule has 0 saturated carbocycles. The summed E-state index contributed by atoms with van der Waals surface area (Å²) >= 11 is 0. The third-order valence-electron chi connectivity index (χ3n) is 4.77. The summed E-state index contributed by atoms with van der Waals surface area (Å²) in [6, 6.07) is 1.67. The maximum atomic E-state index is 2.71. The molecule has 2 atom stereocenters. The van der Waals surface area contributed by atoms with Crippen LogP contribution in [0.3, 0.4) is 0 Å². The van der Waals surface area contributed by atoms with Gasteiger partial charge in [0.25, 0.3) is 0 Å².